The molecule has 1 aromatic heterocycles. The van der Waals surface area contributed by atoms with Gasteiger partial charge in [0, 0.05) is 16.5 Å². The number of ether oxygens (including phenoxy) is 3. The number of aryl methyl sites for hydroxylation is 2. The zero-order chi connectivity index (χ0) is 20.1. The monoisotopic (exact) mass is 397 g/mol. The second kappa shape index (κ2) is 8.75. The lowest BCUT2D eigenvalue weighted by Crippen LogP contribution is -1.97. The number of anilines is 1. The van der Waals surface area contributed by atoms with E-state index in [1.807, 2.05) is 17.5 Å². The minimum absolute atomic E-state index is 0.549. The number of nitrogens with zero attached hydrogens (tertiary/aromatic N) is 2. The van der Waals surface area contributed by atoms with Gasteiger partial charge in [0.15, 0.2) is 11.5 Å². The van der Waals surface area contributed by atoms with Crippen LogP contribution in [0.15, 0.2) is 40.8 Å². The molecule has 0 saturated carbocycles. The van der Waals surface area contributed by atoms with E-state index in [1.165, 1.54) is 22.5 Å². The van der Waals surface area contributed by atoms with Crippen LogP contribution in [0.25, 0.3) is 11.3 Å². The van der Waals surface area contributed by atoms with Crippen molar-refractivity contribution in [3.05, 3.63) is 52.4 Å². The van der Waals surface area contributed by atoms with E-state index in [-0.39, 0.29) is 0 Å². The Kier molecular flexibility index (Phi) is 6.16. The summed E-state index contributed by atoms with van der Waals surface area (Å²) in [6, 6.07) is 10.0. The highest BCUT2D eigenvalue weighted by atomic mass is 32.1. The lowest BCUT2D eigenvalue weighted by Gasteiger charge is -2.12. The molecule has 0 saturated heterocycles. The van der Waals surface area contributed by atoms with Crippen LogP contribution in [0.4, 0.5) is 5.13 Å². The zero-order valence-electron chi connectivity index (χ0n) is 16.6. The van der Waals surface area contributed by atoms with Crippen LogP contribution in [0, 0.1) is 13.8 Å². The molecule has 28 heavy (non-hydrogen) atoms. The van der Waals surface area contributed by atoms with Gasteiger partial charge in [-0.25, -0.2) is 4.98 Å². The van der Waals surface area contributed by atoms with Crippen molar-refractivity contribution in [1.82, 2.24) is 4.98 Å². The van der Waals surface area contributed by atoms with E-state index in [4.69, 9.17) is 14.2 Å². The summed E-state index contributed by atoms with van der Waals surface area (Å²) in [6.07, 6.45) is 1.68. The molecule has 0 aliphatic heterocycles. The fraction of sp³-hybridized carbons (Fsp3) is 0.238. The molecule has 0 amide bonds. The molecule has 3 rings (SSSR count). The molecule has 0 aliphatic carbocycles. The van der Waals surface area contributed by atoms with Gasteiger partial charge in [0.1, 0.15) is 0 Å². The van der Waals surface area contributed by atoms with Gasteiger partial charge in [0.25, 0.3) is 0 Å². The molecule has 1 N–H and O–H groups in total. The third kappa shape index (κ3) is 4.26. The maximum absolute atomic E-state index is 5.36. The number of aromatic nitrogens is 1. The summed E-state index contributed by atoms with van der Waals surface area (Å²) in [7, 11) is 4.74. The zero-order valence-corrected chi connectivity index (χ0v) is 17.4. The topological polar surface area (TPSA) is 65.0 Å². The van der Waals surface area contributed by atoms with Crippen molar-refractivity contribution in [2.75, 3.05) is 26.8 Å². The highest BCUT2D eigenvalue weighted by Gasteiger charge is 2.12. The predicted molar refractivity (Wildman–Crippen MR) is 114 cm³/mol. The van der Waals surface area contributed by atoms with Crippen LogP contribution in [0.5, 0.6) is 17.2 Å². The van der Waals surface area contributed by atoms with Crippen LogP contribution in [-0.4, -0.2) is 32.5 Å². The summed E-state index contributed by atoms with van der Waals surface area (Å²) in [6.45, 7) is 4.18. The number of hydrogen-bond acceptors (Lipinski definition) is 7. The molecular weight excluding hydrogens is 374 g/mol. The molecule has 0 bridgehead atoms. The smallest absolute Gasteiger partial charge is 0.203 e. The predicted octanol–water partition coefficient (Wildman–Crippen LogP) is 4.90. The third-order valence-corrected chi connectivity index (χ3v) is 4.97. The van der Waals surface area contributed by atoms with Gasteiger partial charge in [0.05, 0.1) is 33.2 Å². The van der Waals surface area contributed by atoms with Gasteiger partial charge in [-0.3, -0.25) is 5.43 Å². The normalized spacial score (nSPS) is 10.9. The Bertz CT molecular complexity index is 973. The summed E-state index contributed by atoms with van der Waals surface area (Å²) >= 11 is 1.51. The van der Waals surface area contributed by atoms with Crippen molar-refractivity contribution in [1.29, 1.82) is 0 Å². The van der Waals surface area contributed by atoms with Gasteiger partial charge in [-0.1, -0.05) is 23.8 Å². The number of hydrazone groups is 1. The maximum Gasteiger partial charge on any atom is 0.203 e. The van der Waals surface area contributed by atoms with Crippen molar-refractivity contribution >= 4 is 22.7 Å². The number of methoxy groups -OCH3 is 3. The van der Waals surface area contributed by atoms with E-state index < -0.39 is 0 Å². The second-order valence-electron chi connectivity index (χ2n) is 6.18. The summed E-state index contributed by atoms with van der Waals surface area (Å²) in [5.74, 6) is 1.71. The van der Waals surface area contributed by atoms with E-state index in [9.17, 15) is 0 Å². The maximum atomic E-state index is 5.36. The fourth-order valence-electron chi connectivity index (χ4n) is 2.89. The third-order valence-electron chi connectivity index (χ3n) is 4.22. The van der Waals surface area contributed by atoms with Crippen molar-refractivity contribution in [2.24, 2.45) is 5.10 Å². The van der Waals surface area contributed by atoms with Gasteiger partial charge < -0.3 is 14.2 Å². The molecule has 7 heteroatoms. The minimum Gasteiger partial charge on any atom is -0.493 e. The summed E-state index contributed by atoms with van der Waals surface area (Å²) in [5.41, 5.74) is 8.31. The van der Waals surface area contributed by atoms with Gasteiger partial charge in [-0.2, -0.15) is 5.10 Å². The van der Waals surface area contributed by atoms with Gasteiger partial charge in [-0.05, 0) is 31.5 Å². The van der Waals surface area contributed by atoms with E-state index in [0.717, 1.165) is 22.0 Å². The van der Waals surface area contributed by atoms with E-state index in [2.05, 4.69) is 47.6 Å². The number of hydrogen-bond donors (Lipinski definition) is 1. The molecule has 3 aromatic rings. The van der Waals surface area contributed by atoms with Crippen molar-refractivity contribution in [2.45, 2.75) is 13.8 Å². The van der Waals surface area contributed by atoms with Crippen LogP contribution in [0.3, 0.4) is 0 Å². The van der Waals surface area contributed by atoms with Crippen LogP contribution in [0.1, 0.15) is 16.7 Å². The SMILES string of the molecule is COc1cc(/C=N\Nc2nc(-c3ccc(C)cc3C)cs2)cc(OC)c1OC. The average Bonchev–Trinajstić information content (AvgIpc) is 3.15. The quantitative estimate of drug-likeness (QED) is 0.454. The molecule has 6 nitrogen and oxygen atoms in total. The van der Waals surface area contributed by atoms with E-state index >= 15 is 0 Å². The summed E-state index contributed by atoms with van der Waals surface area (Å²) < 4.78 is 16.0. The Hall–Kier alpha value is -3.06. The van der Waals surface area contributed by atoms with Crippen LogP contribution in [0.2, 0.25) is 0 Å². The number of rotatable bonds is 7. The van der Waals surface area contributed by atoms with Gasteiger partial charge >= 0.3 is 0 Å². The molecule has 0 radical (unpaired) electrons. The molecule has 0 atom stereocenters. The van der Waals surface area contributed by atoms with Crippen LogP contribution >= 0.6 is 11.3 Å². The lowest BCUT2D eigenvalue weighted by molar-refractivity contribution is 0.324. The average molecular weight is 398 g/mol. The molecule has 146 valence electrons. The Morgan fingerprint density at radius 3 is 2.32 bits per heavy atom. The molecule has 0 spiro atoms. The summed E-state index contributed by atoms with van der Waals surface area (Å²) in [4.78, 5) is 4.62. The van der Waals surface area contributed by atoms with Crippen LogP contribution < -0.4 is 19.6 Å². The Labute approximate surface area is 168 Å². The van der Waals surface area contributed by atoms with Gasteiger partial charge in [0.2, 0.25) is 10.9 Å². The van der Waals surface area contributed by atoms with Crippen molar-refractivity contribution in [3.63, 3.8) is 0 Å². The first-order valence-electron chi connectivity index (χ1n) is 8.68. The first-order valence-corrected chi connectivity index (χ1v) is 9.56. The second-order valence-corrected chi connectivity index (χ2v) is 7.04. The molecular formula is C21H23N3O3S. The van der Waals surface area contributed by atoms with E-state index in [0.29, 0.717) is 17.2 Å². The number of thiazole rings is 1. The first-order chi connectivity index (χ1) is 13.5. The number of benzene rings is 2. The molecule has 2 aromatic carbocycles. The molecule has 0 fully saturated rings. The largest absolute Gasteiger partial charge is 0.493 e. The molecule has 0 unspecified atom stereocenters. The van der Waals surface area contributed by atoms with Crippen LogP contribution in [-0.2, 0) is 0 Å². The van der Waals surface area contributed by atoms with Gasteiger partial charge in [-0.15, -0.1) is 11.3 Å². The highest BCUT2D eigenvalue weighted by Crippen LogP contribution is 2.37. The van der Waals surface area contributed by atoms with Crippen molar-refractivity contribution in [3.8, 4) is 28.5 Å². The van der Waals surface area contributed by atoms with Crippen molar-refractivity contribution < 1.29 is 14.2 Å². The lowest BCUT2D eigenvalue weighted by atomic mass is 10.0. The fourth-order valence-corrected chi connectivity index (χ4v) is 3.55. The first kappa shape index (κ1) is 19.7. The molecule has 0 aliphatic rings. The summed E-state index contributed by atoms with van der Waals surface area (Å²) in [5, 5.41) is 7.03. The minimum atomic E-state index is 0.549. The Balaban J connectivity index is 1.76. The Morgan fingerprint density at radius 2 is 1.71 bits per heavy atom. The molecule has 1 heterocycles. The van der Waals surface area contributed by atoms with E-state index in [1.54, 1.807) is 27.5 Å². The number of nitrogens with one attached hydrogen (secondary N) is 1. The highest BCUT2D eigenvalue weighted by molar-refractivity contribution is 7.14. The standard InChI is InChI=1S/C21H23N3O3S/c1-13-6-7-16(14(2)8-13)17-12-28-21(23-17)24-22-11-15-9-18(25-3)20(27-5)19(10-15)26-4/h6-12H,1-5H3,(H,23,24)/b22-11-. The Morgan fingerprint density at radius 1 is 1.00 bits per heavy atom.